The second kappa shape index (κ2) is 7.28. The highest BCUT2D eigenvalue weighted by Crippen LogP contribution is 2.30. The largest absolute Gasteiger partial charge is 0.309 e. The van der Waals surface area contributed by atoms with Crippen molar-refractivity contribution in [3.8, 4) is 0 Å². The number of nitrogens with one attached hydrogen (secondary N) is 1. The van der Waals surface area contributed by atoms with Crippen LogP contribution in [0.4, 0.5) is 0 Å². The number of aromatic nitrogens is 1. The Kier molecular flexibility index (Phi) is 5.65. The molecule has 0 amide bonds. The summed E-state index contributed by atoms with van der Waals surface area (Å²) in [5, 5.41) is 4.91. The molecule has 2 aromatic rings. The Hall–Kier alpha value is -1.06. The molecule has 2 nitrogen and oxygen atoms in total. The molecule has 0 radical (unpaired) electrons. The Labute approximate surface area is 132 Å². The zero-order valence-electron chi connectivity index (χ0n) is 13.5. The number of benzene rings is 1. The van der Waals surface area contributed by atoms with E-state index in [0.29, 0.717) is 6.04 Å². The predicted octanol–water partition coefficient (Wildman–Crippen LogP) is 4.81. The van der Waals surface area contributed by atoms with Gasteiger partial charge in [-0.1, -0.05) is 52.0 Å². The number of para-hydroxylation sites is 1. The van der Waals surface area contributed by atoms with Crippen molar-refractivity contribution in [2.45, 2.75) is 44.9 Å². The first-order valence-electron chi connectivity index (χ1n) is 7.72. The Balaban J connectivity index is 2.29. The van der Waals surface area contributed by atoms with Crippen molar-refractivity contribution in [1.29, 1.82) is 0 Å². The third-order valence-electron chi connectivity index (χ3n) is 3.36. The summed E-state index contributed by atoms with van der Waals surface area (Å²) in [6.45, 7) is 10.1. The highest BCUT2D eigenvalue weighted by molar-refractivity contribution is 8.00. The molecule has 1 unspecified atom stereocenters. The molecule has 21 heavy (non-hydrogen) atoms. The fourth-order valence-corrected chi connectivity index (χ4v) is 3.28. The Morgan fingerprint density at radius 2 is 1.95 bits per heavy atom. The molecule has 2 rings (SSSR count). The lowest BCUT2D eigenvalue weighted by Crippen LogP contribution is -2.26. The minimum atomic E-state index is 0.282. The molecular formula is C18H26N2S. The fraction of sp³-hybridized carbons (Fsp3) is 0.500. The van der Waals surface area contributed by atoms with Crippen LogP contribution in [0.3, 0.4) is 0 Å². The first-order valence-corrected chi connectivity index (χ1v) is 8.71. The number of hydrogen-bond acceptors (Lipinski definition) is 3. The lowest BCUT2D eigenvalue weighted by Gasteiger charge is -2.24. The second-order valence-corrected chi connectivity index (χ2v) is 8.20. The average molecular weight is 302 g/mol. The number of fused-ring (bicyclic) bond motifs is 1. The lowest BCUT2D eigenvalue weighted by molar-refractivity contribution is 0.578. The average Bonchev–Trinajstić information content (AvgIpc) is 2.46. The molecule has 0 aliphatic rings. The van der Waals surface area contributed by atoms with Crippen molar-refractivity contribution in [3.05, 3.63) is 42.1 Å². The topological polar surface area (TPSA) is 24.9 Å². The molecule has 1 atom stereocenters. The minimum Gasteiger partial charge on any atom is -0.309 e. The maximum Gasteiger partial charge on any atom is 0.0750 e. The molecule has 0 fully saturated rings. The monoisotopic (exact) mass is 302 g/mol. The number of nitrogens with zero attached hydrogens (tertiary/aromatic N) is 1. The van der Waals surface area contributed by atoms with E-state index in [-0.39, 0.29) is 4.75 Å². The summed E-state index contributed by atoms with van der Waals surface area (Å²) in [6.07, 6.45) is 3.04. The van der Waals surface area contributed by atoms with Crippen molar-refractivity contribution < 1.29 is 0 Å². The molecule has 1 N–H and O–H groups in total. The van der Waals surface area contributed by atoms with Gasteiger partial charge in [-0.2, -0.15) is 11.8 Å². The number of hydrogen-bond donors (Lipinski definition) is 1. The van der Waals surface area contributed by atoms with Crippen LogP contribution < -0.4 is 5.32 Å². The van der Waals surface area contributed by atoms with Gasteiger partial charge in [-0.3, -0.25) is 4.98 Å². The Morgan fingerprint density at radius 3 is 2.67 bits per heavy atom. The molecule has 1 heterocycles. The maximum atomic E-state index is 4.61. The quantitative estimate of drug-likeness (QED) is 0.829. The zero-order valence-corrected chi connectivity index (χ0v) is 14.3. The van der Waals surface area contributed by atoms with Crippen LogP contribution in [0.2, 0.25) is 0 Å². The van der Waals surface area contributed by atoms with E-state index in [4.69, 9.17) is 0 Å². The van der Waals surface area contributed by atoms with E-state index in [1.54, 1.807) is 0 Å². The summed E-state index contributed by atoms with van der Waals surface area (Å²) in [5.41, 5.74) is 2.45. The van der Waals surface area contributed by atoms with Crippen LogP contribution in [0.5, 0.6) is 0 Å². The summed E-state index contributed by atoms with van der Waals surface area (Å²) < 4.78 is 0.282. The van der Waals surface area contributed by atoms with Crippen LogP contribution in [0.25, 0.3) is 10.9 Å². The van der Waals surface area contributed by atoms with Crippen LogP contribution in [0, 0.1) is 0 Å². The summed E-state index contributed by atoms with van der Waals surface area (Å²) >= 11 is 2.01. The standard InChI is InChI=1S/C18H26N2S/c1-5-11-19-16(13-21-18(2,3)4)15-10-6-8-14-9-7-12-20-17(14)15/h6-10,12,16,19H,5,11,13H2,1-4H3. The van der Waals surface area contributed by atoms with E-state index in [0.717, 1.165) is 24.2 Å². The predicted molar refractivity (Wildman–Crippen MR) is 95.0 cm³/mol. The van der Waals surface area contributed by atoms with Gasteiger partial charge in [-0.15, -0.1) is 0 Å². The first kappa shape index (κ1) is 16.3. The van der Waals surface area contributed by atoms with E-state index in [1.807, 2.05) is 24.0 Å². The number of thioether (sulfide) groups is 1. The van der Waals surface area contributed by atoms with Crippen molar-refractivity contribution >= 4 is 22.7 Å². The maximum absolute atomic E-state index is 4.61. The van der Waals surface area contributed by atoms with Crippen molar-refractivity contribution in [2.75, 3.05) is 12.3 Å². The zero-order chi connectivity index (χ0) is 15.3. The third kappa shape index (κ3) is 4.72. The van der Waals surface area contributed by atoms with Crippen LogP contribution in [-0.4, -0.2) is 22.0 Å². The van der Waals surface area contributed by atoms with Gasteiger partial charge in [0.2, 0.25) is 0 Å². The van der Waals surface area contributed by atoms with Crippen LogP contribution in [-0.2, 0) is 0 Å². The molecular weight excluding hydrogens is 276 g/mol. The van der Waals surface area contributed by atoms with E-state index in [1.165, 1.54) is 10.9 Å². The third-order valence-corrected chi connectivity index (χ3v) is 4.73. The highest BCUT2D eigenvalue weighted by atomic mass is 32.2. The van der Waals surface area contributed by atoms with Gasteiger partial charge in [-0.05, 0) is 24.6 Å². The number of rotatable bonds is 6. The fourth-order valence-electron chi connectivity index (χ4n) is 2.32. The van der Waals surface area contributed by atoms with E-state index >= 15 is 0 Å². The second-order valence-electron chi connectivity index (χ2n) is 6.35. The van der Waals surface area contributed by atoms with Gasteiger partial charge in [0.25, 0.3) is 0 Å². The van der Waals surface area contributed by atoms with E-state index in [9.17, 15) is 0 Å². The first-order chi connectivity index (χ1) is 10.0. The Morgan fingerprint density at radius 1 is 1.19 bits per heavy atom. The SMILES string of the molecule is CCCNC(CSC(C)(C)C)c1cccc2cccnc12. The summed E-state index contributed by atoms with van der Waals surface area (Å²) in [4.78, 5) is 4.61. The van der Waals surface area contributed by atoms with Crippen molar-refractivity contribution in [1.82, 2.24) is 10.3 Å². The molecule has 0 saturated heterocycles. The summed E-state index contributed by atoms with van der Waals surface area (Å²) in [6, 6.07) is 11.0. The van der Waals surface area contributed by atoms with Crippen LogP contribution >= 0.6 is 11.8 Å². The van der Waals surface area contributed by atoms with Gasteiger partial charge in [0.05, 0.1) is 5.52 Å². The molecule has 3 heteroatoms. The van der Waals surface area contributed by atoms with Gasteiger partial charge in [-0.25, -0.2) is 0 Å². The normalized spacial score (nSPS) is 13.5. The smallest absolute Gasteiger partial charge is 0.0750 e. The van der Waals surface area contributed by atoms with Gasteiger partial charge in [0.15, 0.2) is 0 Å². The molecule has 0 bridgehead atoms. The van der Waals surface area contributed by atoms with Crippen LogP contribution in [0.15, 0.2) is 36.5 Å². The minimum absolute atomic E-state index is 0.282. The molecule has 1 aromatic heterocycles. The molecule has 1 aromatic carbocycles. The highest BCUT2D eigenvalue weighted by Gasteiger charge is 2.18. The van der Waals surface area contributed by atoms with E-state index in [2.05, 4.69) is 62.3 Å². The number of pyridine rings is 1. The Bertz CT molecular complexity index is 569. The van der Waals surface area contributed by atoms with E-state index < -0.39 is 0 Å². The molecule has 0 aliphatic carbocycles. The molecule has 0 aliphatic heterocycles. The summed E-state index contributed by atoms with van der Waals surface area (Å²) in [5.74, 6) is 1.07. The summed E-state index contributed by atoms with van der Waals surface area (Å²) in [7, 11) is 0. The van der Waals surface area contributed by atoms with Crippen molar-refractivity contribution in [3.63, 3.8) is 0 Å². The molecule has 0 spiro atoms. The van der Waals surface area contributed by atoms with Crippen molar-refractivity contribution in [2.24, 2.45) is 0 Å². The van der Waals surface area contributed by atoms with Crippen LogP contribution in [0.1, 0.15) is 45.7 Å². The van der Waals surface area contributed by atoms with Gasteiger partial charge < -0.3 is 5.32 Å². The lowest BCUT2D eigenvalue weighted by atomic mass is 10.0. The molecule has 0 saturated carbocycles. The van der Waals surface area contributed by atoms with Gasteiger partial charge in [0, 0.05) is 28.1 Å². The van der Waals surface area contributed by atoms with Gasteiger partial charge >= 0.3 is 0 Å². The molecule has 114 valence electrons. The van der Waals surface area contributed by atoms with Gasteiger partial charge in [0.1, 0.15) is 0 Å².